The molecular weight excluding hydrogens is 295 g/mol. The van der Waals surface area contributed by atoms with E-state index in [9.17, 15) is 0 Å². The molecule has 0 saturated heterocycles. The van der Waals surface area contributed by atoms with Gasteiger partial charge in [0.1, 0.15) is 0 Å². The van der Waals surface area contributed by atoms with E-state index in [1.54, 1.807) is 0 Å². The molecule has 0 N–H and O–H groups in total. The van der Waals surface area contributed by atoms with Gasteiger partial charge in [-0.05, 0) is 0 Å². The fourth-order valence-electron chi connectivity index (χ4n) is 2.59. The summed E-state index contributed by atoms with van der Waals surface area (Å²) in [6, 6.07) is 21.5. The molecular formula is C18H16Se. The standard InChI is InChI=1S/C18H16Se/c1-13-17(15-9-5-3-6-10-15)18(14(2)19-13)16-11-7-4-8-12-16/h3-12H,1-2H3. The normalized spacial score (nSPS) is 10.6. The summed E-state index contributed by atoms with van der Waals surface area (Å²) >= 11 is 0.496. The van der Waals surface area contributed by atoms with Crippen LogP contribution < -0.4 is 0 Å². The molecule has 0 atom stereocenters. The van der Waals surface area contributed by atoms with Gasteiger partial charge in [-0.25, -0.2) is 0 Å². The SMILES string of the molecule is Cc1[se]c(C)c(-c2ccccc2)c1-c1ccccc1. The first-order valence-corrected chi connectivity index (χ1v) is 8.19. The molecule has 0 unspecified atom stereocenters. The Morgan fingerprint density at radius 1 is 0.579 bits per heavy atom. The van der Waals surface area contributed by atoms with Crippen molar-refractivity contribution < 1.29 is 0 Å². The van der Waals surface area contributed by atoms with E-state index in [1.807, 2.05) is 0 Å². The van der Waals surface area contributed by atoms with Crippen molar-refractivity contribution >= 4 is 14.5 Å². The summed E-state index contributed by atoms with van der Waals surface area (Å²) in [4.78, 5) is 0. The Bertz CT molecular complexity index is 618. The molecule has 2 aromatic carbocycles. The maximum absolute atomic E-state index is 2.28. The molecule has 0 spiro atoms. The third kappa shape index (κ3) is 2.32. The molecule has 1 aromatic heterocycles. The molecule has 0 radical (unpaired) electrons. The van der Waals surface area contributed by atoms with Crippen LogP contribution in [0.4, 0.5) is 0 Å². The van der Waals surface area contributed by atoms with Gasteiger partial charge in [-0.3, -0.25) is 0 Å². The van der Waals surface area contributed by atoms with Gasteiger partial charge < -0.3 is 0 Å². The van der Waals surface area contributed by atoms with Crippen LogP contribution in [0, 0.1) is 13.8 Å². The van der Waals surface area contributed by atoms with E-state index in [4.69, 9.17) is 0 Å². The van der Waals surface area contributed by atoms with Crippen molar-refractivity contribution in [2.75, 3.05) is 0 Å². The van der Waals surface area contributed by atoms with Crippen LogP contribution >= 0.6 is 0 Å². The Morgan fingerprint density at radius 3 is 1.32 bits per heavy atom. The zero-order valence-electron chi connectivity index (χ0n) is 11.2. The van der Waals surface area contributed by atoms with E-state index in [-0.39, 0.29) is 0 Å². The van der Waals surface area contributed by atoms with Gasteiger partial charge >= 0.3 is 120 Å². The summed E-state index contributed by atoms with van der Waals surface area (Å²) in [5, 5.41) is 0. The predicted molar refractivity (Wildman–Crippen MR) is 83.7 cm³/mol. The monoisotopic (exact) mass is 312 g/mol. The van der Waals surface area contributed by atoms with Crippen molar-refractivity contribution in [2.24, 2.45) is 0 Å². The van der Waals surface area contributed by atoms with Gasteiger partial charge in [0, 0.05) is 0 Å². The van der Waals surface area contributed by atoms with Crippen molar-refractivity contribution in [1.29, 1.82) is 0 Å². The molecule has 94 valence electrons. The fourth-order valence-corrected chi connectivity index (χ4v) is 4.90. The molecule has 1 heteroatoms. The Balaban J connectivity index is 2.26. The third-order valence-electron chi connectivity index (χ3n) is 3.39. The first-order chi connectivity index (χ1) is 9.27. The quantitative estimate of drug-likeness (QED) is 0.602. The second kappa shape index (κ2) is 5.20. The van der Waals surface area contributed by atoms with Crippen molar-refractivity contribution in [2.45, 2.75) is 13.8 Å². The minimum atomic E-state index is 0.496. The van der Waals surface area contributed by atoms with Crippen molar-refractivity contribution in [1.82, 2.24) is 0 Å². The molecule has 19 heavy (non-hydrogen) atoms. The third-order valence-corrected chi connectivity index (χ3v) is 5.53. The Kier molecular flexibility index (Phi) is 3.42. The molecule has 0 bridgehead atoms. The first kappa shape index (κ1) is 12.5. The zero-order valence-corrected chi connectivity index (χ0v) is 12.9. The van der Waals surface area contributed by atoms with Crippen LogP contribution in [0.1, 0.15) is 8.87 Å². The molecule has 0 fully saturated rings. The molecule has 0 nitrogen and oxygen atoms in total. The van der Waals surface area contributed by atoms with Crippen LogP contribution in [-0.2, 0) is 0 Å². The zero-order chi connectivity index (χ0) is 13.2. The molecule has 0 amide bonds. The summed E-state index contributed by atoms with van der Waals surface area (Å²) in [5.74, 6) is 0. The van der Waals surface area contributed by atoms with Gasteiger partial charge in [0.05, 0.1) is 0 Å². The van der Waals surface area contributed by atoms with Gasteiger partial charge in [0.25, 0.3) is 0 Å². The second-order valence-corrected chi connectivity index (χ2v) is 7.69. The Labute approximate surface area is 120 Å². The number of benzene rings is 2. The summed E-state index contributed by atoms with van der Waals surface area (Å²) < 4.78 is 3.07. The summed E-state index contributed by atoms with van der Waals surface area (Å²) in [6.45, 7) is 4.56. The van der Waals surface area contributed by atoms with E-state index >= 15 is 0 Å². The van der Waals surface area contributed by atoms with Gasteiger partial charge in [-0.1, -0.05) is 0 Å². The van der Waals surface area contributed by atoms with Gasteiger partial charge in [-0.2, -0.15) is 0 Å². The van der Waals surface area contributed by atoms with Crippen LogP contribution in [-0.4, -0.2) is 14.5 Å². The Hall–Kier alpha value is -1.56. The van der Waals surface area contributed by atoms with Crippen LogP contribution in [0.25, 0.3) is 22.3 Å². The first-order valence-electron chi connectivity index (χ1n) is 6.48. The fraction of sp³-hybridized carbons (Fsp3) is 0.111. The molecule has 3 rings (SSSR count). The topological polar surface area (TPSA) is 0 Å². The van der Waals surface area contributed by atoms with Crippen LogP contribution in [0.5, 0.6) is 0 Å². The average molecular weight is 311 g/mol. The minimum absolute atomic E-state index is 0.496. The summed E-state index contributed by atoms with van der Waals surface area (Å²) in [5.41, 5.74) is 5.59. The van der Waals surface area contributed by atoms with Gasteiger partial charge in [-0.15, -0.1) is 0 Å². The molecule has 0 aliphatic rings. The van der Waals surface area contributed by atoms with Gasteiger partial charge in [0.15, 0.2) is 0 Å². The van der Waals surface area contributed by atoms with E-state index < -0.39 is 0 Å². The number of hydrogen-bond acceptors (Lipinski definition) is 0. The van der Waals surface area contributed by atoms with Crippen molar-refractivity contribution in [3.8, 4) is 22.3 Å². The van der Waals surface area contributed by atoms with E-state index in [2.05, 4.69) is 74.5 Å². The van der Waals surface area contributed by atoms with Crippen molar-refractivity contribution in [3.05, 3.63) is 69.5 Å². The molecule has 1 heterocycles. The van der Waals surface area contributed by atoms with Gasteiger partial charge in [0.2, 0.25) is 0 Å². The summed E-state index contributed by atoms with van der Waals surface area (Å²) in [7, 11) is 0. The number of hydrogen-bond donors (Lipinski definition) is 0. The number of rotatable bonds is 2. The van der Waals surface area contributed by atoms with Crippen LogP contribution in [0.15, 0.2) is 60.7 Å². The van der Waals surface area contributed by atoms with Crippen LogP contribution in [0.2, 0.25) is 0 Å². The van der Waals surface area contributed by atoms with E-state index in [0.29, 0.717) is 14.5 Å². The number of aryl methyl sites for hydroxylation is 2. The Morgan fingerprint density at radius 2 is 0.947 bits per heavy atom. The second-order valence-electron chi connectivity index (χ2n) is 4.70. The summed E-state index contributed by atoms with van der Waals surface area (Å²) in [6.07, 6.45) is 0. The molecule has 0 aliphatic carbocycles. The van der Waals surface area contributed by atoms with E-state index in [0.717, 1.165) is 0 Å². The van der Waals surface area contributed by atoms with Crippen molar-refractivity contribution in [3.63, 3.8) is 0 Å². The molecule has 3 aromatic rings. The predicted octanol–water partition coefficient (Wildman–Crippen LogP) is 4.69. The molecule has 0 aliphatic heterocycles. The van der Waals surface area contributed by atoms with Crippen LogP contribution in [0.3, 0.4) is 0 Å². The van der Waals surface area contributed by atoms with E-state index in [1.165, 1.54) is 31.1 Å². The average Bonchev–Trinajstić information content (AvgIpc) is 2.75. The molecule has 0 saturated carbocycles. The maximum atomic E-state index is 2.28.